The van der Waals surface area contributed by atoms with Crippen molar-refractivity contribution in [2.24, 2.45) is 0 Å². The van der Waals surface area contributed by atoms with Gasteiger partial charge in [0.15, 0.2) is 0 Å². The highest BCUT2D eigenvalue weighted by molar-refractivity contribution is 5.94. The molecule has 2 fully saturated rings. The molecule has 0 unspecified atom stereocenters. The van der Waals surface area contributed by atoms with E-state index in [2.05, 4.69) is 15.6 Å². The minimum atomic E-state index is 0.0274. The number of carbonyl (C=O) groups is 1. The van der Waals surface area contributed by atoms with Crippen LogP contribution in [-0.4, -0.2) is 66.3 Å². The first kappa shape index (κ1) is 19.7. The molecule has 5 rings (SSSR count). The summed E-state index contributed by atoms with van der Waals surface area (Å²) in [5, 5.41) is 7.42. The van der Waals surface area contributed by atoms with E-state index in [9.17, 15) is 4.79 Å². The summed E-state index contributed by atoms with van der Waals surface area (Å²) in [6.45, 7) is 6.18. The number of morpholine rings is 1. The smallest absolute Gasteiger partial charge is 0.254 e. The molecule has 2 saturated heterocycles. The molecular weight excluding hydrogens is 394 g/mol. The number of nitrogens with zero attached hydrogens (tertiary/aromatic N) is 3. The van der Waals surface area contributed by atoms with E-state index in [0.717, 1.165) is 41.0 Å². The Morgan fingerprint density at radius 1 is 1.16 bits per heavy atom. The van der Waals surface area contributed by atoms with Crippen molar-refractivity contribution in [2.75, 3.05) is 44.7 Å². The zero-order valence-corrected chi connectivity index (χ0v) is 17.4. The molecule has 0 radical (unpaired) electrons. The van der Waals surface area contributed by atoms with E-state index < -0.39 is 0 Å². The summed E-state index contributed by atoms with van der Waals surface area (Å²) in [4.78, 5) is 23.6. The Morgan fingerprint density at radius 3 is 2.65 bits per heavy atom. The first-order valence-electron chi connectivity index (χ1n) is 10.6. The summed E-state index contributed by atoms with van der Waals surface area (Å²) >= 11 is 0. The molecule has 8 nitrogen and oxygen atoms in total. The molecule has 3 heterocycles. The predicted molar refractivity (Wildman–Crippen MR) is 118 cm³/mol. The Kier molecular flexibility index (Phi) is 5.40. The molecular formula is C23H25N5O3. The maximum Gasteiger partial charge on any atom is 0.254 e. The Morgan fingerprint density at radius 2 is 1.94 bits per heavy atom. The van der Waals surface area contributed by atoms with Crippen LogP contribution in [0.4, 0.5) is 11.6 Å². The van der Waals surface area contributed by atoms with Crippen LogP contribution in [0.2, 0.25) is 0 Å². The van der Waals surface area contributed by atoms with Gasteiger partial charge in [-0.1, -0.05) is 6.07 Å². The summed E-state index contributed by atoms with van der Waals surface area (Å²) in [6, 6.07) is 11.4. The van der Waals surface area contributed by atoms with Crippen molar-refractivity contribution in [1.29, 1.82) is 0 Å². The number of anilines is 2. The number of fused-ring (bicyclic) bond motifs is 1. The molecule has 0 saturated carbocycles. The molecule has 0 bridgehead atoms. The fourth-order valence-corrected chi connectivity index (χ4v) is 3.68. The Bertz CT molecular complexity index is 1090. The number of ether oxygens (including phenoxy) is 2. The zero-order chi connectivity index (χ0) is 21.2. The molecule has 2 aliphatic rings. The Balaban J connectivity index is 1.35. The maximum atomic E-state index is 12.6. The lowest BCUT2D eigenvalue weighted by Crippen LogP contribution is -2.50. The lowest BCUT2D eigenvalue weighted by Gasteiger charge is -2.28. The SMILES string of the molecule is Cc1ccc(OC2CNC2)c2nc(Nc3ccc(C(=O)N4CCOCC4)cc3)ncc12. The van der Waals surface area contributed by atoms with E-state index in [1.54, 1.807) is 0 Å². The Hall–Kier alpha value is -3.23. The minimum Gasteiger partial charge on any atom is -0.485 e. The van der Waals surface area contributed by atoms with E-state index in [-0.39, 0.29) is 12.0 Å². The molecule has 160 valence electrons. The van der Waals surface area contributed by atoms with Crippen LogP contribution in [0.15, 0.2) is 42.6 Å². The second kappa shape index (κ2) is 8.49. The van der Waals surface area contributed by atoms with Gasteiger partial charge in [-0.05, 0) is 42.8 Å². The number of rotatable bonds is 5. The van der Waals surface area contributed by atoms with Crippen molar-refractivity contribution in [2.45, 2.75) is 13.0 Å². The number of aryl methyl sites for hydroxylation is 1. The van der Waals surface area contributed by atoms with Gasteiger partial charge in [-0.3, -0.25) is 4.79 Å². The summed E-state index contributed by atoms with van der Waals surface area (Å²) < 4.78 is 11.4. The number of nitrogens with one attached hydrogen (secondary N) is 2. The normalized spacial score (nSPS) is 16.7. The van der Waals surface area contributed by atoms with Crippen molar-refractivity contribution in [3.63, 3.8) is 0 Å². The first-order valence-corrected chi connectivity index (χ1v) is 10.6. The fraction of sp³-hybridized carbons (Fsp3) is 0.348. The molecule has 0 aliphatic carbocycles. The highest BCUT2D eigenvalue weighted by atomic mass is 16.5. The largest absolute Gasteiger partial charge is 0.485 e. The Labute approximate surface area is 180 Å². The third kappa shape index (κ3) is 4.17. The molecule has 2 aromatic carbocycles. The summed E-state index contributed by atoms with van der Waals surface area (Å²) in [7, 11) is 0. The molecule has 3 aromatic rings. The topological polar surface area (TPSA) is 88.6 Å². The first-order chi connectivity index (χ1) is 15.2. The van der Waals surface area contributed by atoms with Crippen LogP contribution >= 0.6 is 0 Å². The van der Waals surface area contributed by atoms with E-state index in [1.165, 1.54) is 0 Å². The van der Waals surface area contributed by atoms with E-state index >= 15 is 0 Å². The molecule has 2 aliphatic heterocycles. The second-order valence-corrected chi connectivity index (χ2v) is 7.84. The van der Waals surface area contributed by atoms with E-state index in [4.69, 9.17) is 14.5 Å². The molecule has 31 heavy (non-hydrogen) atoms. The van der Waals surface area contributed by atoms with Crippen LogP contribution in [0.1, 0.15) is 15.9 Å². The van der Waals surface area contributed by atoms with Gasteiger partial charge < -0.3 is 25.0 Å². The third-order valence-electron chi connectivity index (χ3n) is 5.66. The van der Waals surface area contributed by atoms with Gasteiger partial charge in [0, 0.05) is 49.0 Å². The maximum absolute atomic E-state index is 12.6. The van der Waals surface area contributed by atoms with Crippen LogP contribution in [0.5, 0.6) is 5.75 Å². The molecule has 2 N–H and O–H groups in total. The quantitative estimate of drug-likeness (QED) is 0.657. The van der Waals surface area contributed by atoms with Crippen molar-refractivity contribution < 1.29 is 14.3 Å². The average Bonchev–Trinajstić information content (AvgIpc) is 2.78. The molecule has 1 aromatic heterocycles. The molecule has 1 amide bonds. The lowest BCUT2D eigenvalue weighted by molar-refractivity contribution is 0.0303. The lowest BCUT2D eigenvalue weighted by atomic mass is 10.1. The van der Waals surface area contributed by atoms with Gasteiger partial charge in [0.1, 0.15) is 17.4 Å². The predicted octanol–water partition coefficient (Wildman–Crippen LogP) is 2.50. The van der Waals surface area contributed by atoms with Gasteiger partial charge in [-0.15, -0.1) is 0 Å². The van der Waals surface area contributed by atoms with Crippen molar-refractivity contribution in [1.82, 2.24) is 20.2 Å². The van der Waals surface area contributed by atoms with Crippen LogP contribution in [-0.2, 0) is 4.74 Å². The molecule has 0 atom stereocenters. The van der Waals surface area contributed by atoms with Gasteiger partial charge in [-0.2, -0.15) is 0 Å². The highest BCUT2D eigenvalue weighted by Gasteiger charge is 2.21. The van der Waals surface area contributed by atoms with E-state index in [0.29, 0.717) is 37.8 Å². The van der Waals surface area contributed by atoms with Gasteiger partial charge in [0.05, 0.1) is 13.2 Å². The summed E-state index contributed by atoms with van der Waals surface area (Å²) in [5.41, 5.74) is 3.37. The number of amides is 1. The average molecular weight is 419 g/mol. The number of aromatic nitrogens is 2. The van der Waals surface area contributed by atoms with Gasteiger partial charge in [0.2, 0.25) is 5.95 Å². The monoisotopic (exact) mass is 419 g/mol. The summed E-state index contributed by atoms with van der Waals surface area (Å²) in [6.07, 6.45) is 2.00. The molecule has 0 spiro atoms. The fourth-order valence-electron chi connectivity index (χ4n) is 3.68. The zero-order valence-electron chi connectivity index (χ0n) is 17.4. The van der Waals surface area contributed by atoms with Crippen LogP contribution in [0.25, 0.3) is 10.9 Å². The van der Waals surface area contributed by atoms with Gasteiger partial charge in [-0.25, -0.2) is 9.97 Å². The minimum absolute atomic E-state index is 0.0274. The second-order valence-electron chi connectivity index (χ2n) is 7.84. The standard InChI is InChI=1S/C23H25N5O3/c1-15-2-7-20(31-18-12-24-13-18)21-19(15)14-25-23(27-21)26-17-5-3-16(4-6-17)22(29)28-8-10-30-11-9-28/h2-7,14,18,24H,8-13H2,1H3,(H,25,26,27). The third-order valence-corrected chi connectivity index (χ3v) is 5.66. The van der Waals surface area contributed by atoms with Crippen LogP contribution in [0, 0.1) is 6.92 Å². The molecule has 8 heteroatoms. The van der Waals surface area contributed by atoms with Crippen molar-refractivity contribution in [3.8, 4) is 5.75 Å². The number of carbonyl (C=O) groups excluding carboxylic acids is 1. The summed E-state index contributed by atoms with van der Waals surface area (Å²) in [5.74, 6) is 1.28. The van der Waals surface area contributed by atoms with Crippen molar-refractivity contribution in [3.05, 3.63) is 53.7 Å². The highest BCUT2D eigenvalue weighted by Crippen LogP contribution is 2.29. The van der Waals surface area contributed by atoms with Crippen LogP contribution in [0.3, 0.4) is 0 Å². The number of hydrogen-bond acceptors (Lipinski definition) is 7. The van der Waals surface area contributed by atoms with Gasteiger partial charge in [0.25, 0.3) is 5.91 Å². The number of benzene rings is 2. The van der Waals surface area contributed by atoms with Crippen molar-refractivity contribution >= 4 is 28.4 Å². The van der Waals surface area contributed by atoms with Gasteiger partial charge >= 0.3 is 0 Å². The van der Waals surface area contributed by atoms with E-state index in [1.807, 2.05) is 54.4 Å². The van der Waals surface area contributed by atoms with Crippen LogP contribution < -0.4 is 15.4 Å². The number of hydrogen-bond donors (Lipinski definition) is 2.